The quantitative estimate of drug-likeness (QED) is 0.788. The van der Waals surface area contributed by atoms with Crippen molar-refractivity contribution in [1.82, 2.24) is 9.97 Å². The van der Waals surface area contributed by atoms with Crippen molar-refractivity contribution in [3.8, 4) is 0 Å². The normalized spacial score (nSPS) is 15.5. The molecule has 114 valence electrons. The second-order valence-electron chi connectivity index (χ2n) is 5.78. The highest BCUT2D eigenvalue weighted by Crippen LogP contribution is 2.50. The molecule has 0 spiro atoms. The first-order chi connectivity index (χ1) is 10.7. The van der Waals surface area contributed by atoms with E-state index in [1.54, 1.807) is 0 Å². The summed E-state index contributed by atoms with van der Waals surface area (Å²) >= 11 is 0. The van der Waals surface area contributed by atoms with Crippen LogP contribution in [-0.4, -0.2) is 32.6 Å². The standard InChI is InChI=1S/C17H18N2O3/c20-10-12-1-3-14(4-2-12)17(5-6-17)7-16-18-8-13(9-19-16)15(22)11-21/h1-4,8-9,20-21H,5-7,10-11H2. The first-order valence-corrected chi connectivity index (χ1v) is 7.32. The summed E-state index contributed by atoms with van der Waals surface area (Å²) in [5.74, 6) is 0.338. The zero-order chi connectivity index (χ0) is 15.6. The first-order valence-electron chi connectivity index (χ1n) is 7.32. The average Bonchev–Trinajstić information content (AvgIpc) is 3.35. The van der Waals surface area contributed by atoms with Crippen LogP contribution >= 0.6 is 0 Å². The molecule has 0 saturated heterocycles. The number of aliphatic hydroxyl groups is 2. The van der Waals surface area contributed by atoms with E-state index in [9.17, 15) is 4.79 Å². The molecule has 0 aliphatic heterocycles. The second kappa shape index (κ2) is 5.94. The minimum atomic E-state index is -0.524. The Balaban J connectivity index is 1.75. The number of nitrogens with zero attached hydrogens (tertiary/aromatic N) is 2. The minimum absolute atomic E-state index is 0.0523. The molecule has 1 aliphatic carbocycles. The van der Waals surface area contributed by atoms with Crippen molar-refractivity contribution in [3.05, 3.63) is 59.2 Å². The molecule has 0 atom stereocenters. The second-order valence-corrected chi connectivity index (χ2v) is 5.78. The van der Waals surface area contributed by atoms with Crippen LogP contribution in [0.5, 0.6) is 0 Å². The van der Waals surface area contributed by atoms with Gasteiger partial charge in [-0.05, 0) is 24.0 Å². The smallest absolute Gasteiger partial charge is 0.191 e. The van der Waals surface area contributed by atoms with Gasteiger partial charge in [0.25, 0.3) is 0 Å². The zero-order valence-corrected chi connectivity index (χ0v) is 12.2. The van der Waals surface area contributed by atoms with E-state index in [0.29, 0.717) is 11.4 Å². The van der Waals surface area contributed by atoms with Crippen LogP contribution in [-0.2, 0) is 18.4 Å². The summed E-state index contributed by atoms with van der Waals surface area (Å²) in [5, 5.41) is 17.9. The number of carbonyl (C=O) groups excluding carboxylic acids is 1. The van der Waals surface area contributed by atoms with E-state index >= 15 is 0 Å². The fourth-order valence-corrected chi connectivity index (χ4v) is 2.67. The summed E-state index contributed by atoms with van der Waals surface area (Å²) in [7, 11) is 0. The topological polar surface area (TPSA) is 83.3 Å². The molecule has 1 saturated carbocycles. The van der Waals surface area contributed by atoms with Crippen molar-refractivity contribution in [2.24, 2.45) is 0 Å². The molecular formula is C17H18N2O3. The number of carbonyl (C=O) groups is 1. The maximum absolute atomic E-state index is 11.4. The van der Waals surface area contributed by atoms with Gasteiger partial charge in [0, 0.05) is 24.2 Å². The van der Waals surface area contributed by atoms with Gasteiger partial charge in [0.1, 0.15) is 12.4 Å². The van der Waals surface area contributed by atoms with Crippen LogP contribution in [0.15, 0.2) is 36.7 Å². The highest BCUT2D eigenvalue weighted by atomic mass is 16.3. The van der Waals surface area contributed by atoms with Gasteiger partial charge in [-0.25, -0.2) is 9.97 Å². The first kappa shape index (κ1) is 14.8. The van der Waals surface area contributed by atoms with Crippen LogP contribution in [0.3, 0.4) is 0 Å². The van der Waals surface area contributed by atoms with Crippen molar-refractivity contribution >= 4 is 5.78 Å². The largest absolute Gasteiger partial charge is 0.392 e. The van der Waals surface area contributed by atoms with E-state index in [4.69, 9.17) is 10.2 Å². The Morgan fingerprint density at radius 3 is 2.23 bits per heavy atom. The highest BCUT2D eigenvalue weighted by Gasteiger charge is 2.44. The van der Waals surface area contributed by atoms with Gasteiger partial charge < -0.3 is 10.2 Å². The van der Waals surface area contributed by atoms with Crippen molar-refractivity contribution in [2.75, 3.05) is 6.61 Å². The molecule has 1 heterocycles. The van der Waals surface area contributed by atoms with E-state index < -0.39 is 6.61 Å². The monoisotopic (exact) mass is 298 g/mol. The lowest BCUT2D eigenvalue weighted by Crippen LogP contribution is -2.14. The Morgan fingerprint density at radius 2 is 1.73 bits per heavy atom. The molecule has 2 N–H and O–H groups in total. The maximum Gasteiger partial charge on any atom is 0.191 e. The van der Waals surface area contributed by atoms with Crippen LogP contribution in [0.25, 0.3) is 0 Å². The van der Waals surface area contributed by atoms with E-state index in [0.717, 1.165) is 24.8 Å². The molecule has 22 heavy (non-hydrogen) atoms. The van der Waals surface area contributed by atoms with Gasteiger partial charge in [0.05, 0.1) is 12.2 Å². The van der Waals surface area contributed by atoms with Crippen LogP contribution in [0.1, 0.15) is 40.2 Å². The molecule has 1 fully saturated rings. The molecule has 5 heteroatoms. The van der Waals surface area contributed by atoms with Crippen molar-refractivity contribution in [3.63, 3.8) is 0 Å². The predicted molar refractivity (Wildman–Crippen MR) is 80.4 cm³/mol. The third-order valence-electron chi connectivity index (χ3n) is 4.27. The molecule has 1 aromatic heterocycles. The summed E-state index contributed by atoms with van der Waals surface area (Å²) in [5.41, 5.74) is 2.56. The third kappa shape index (κ3) is 2.91. The van der Waals surface area contributed by atoms with E-state index in [1.165, 1.54) is 18.0 Å². The number of rotatable bonds is 6. The summed E-state index contributed by atoms with van der Waals surface area (Å²) in [6.45, 7) is -0.472. The Bertz CT molecular complexity index is 661. The van der Waals surface area contributed by atoms with Gasteiger partial charge in [-0.15, -0.1) is 0 Å². The predicted octanol–water partition coefficient (Wildman–Crippen LogP) is 1.42. The highest BCUT2D eigenvalue weighted by molar-refractivity contribution is 5.96. The van der Waals surface area contributed by atoms with Gasteiger partial charge in [-0.2, -0.15) is 0 Å². The van der Waals surface area contributed by atoms with Gasteiger partial charge in [0.2, 0.25) is 0 Å². The van der Waals surface area contributed by atoms with Gasteiger partial charge in [0.15, 0.2) is 5.78 Å². The van der Waals surface area contributed by atoms with Crippen LogP contribution in [0.2, 0.25) is 0 Å². The van der Waals surface area contributed by atoms with Gasteiger partial charge in [-0.3, -0.25) is 4.79 Å². The number of hydrogen-bond acceptors (Lipinski definition) is 5. The van der Waals surface area contributed by atoms with Crippen LogP contribution in [0, 0.1) is 0 Å². The molecule has 0 bridgehead atoms. The minimum Gasteiger partial charge on any atom is -0.392 e. The fourth-order valence-electron chi connectivity index (χ4n) is 2.67. The summed E-state index contributed by atoms with van der Waals surface area (Å²) in [6, 6.07) is 8.00. The molecule has 3 rings (SSSR count). The molecule has 0 unspecified atom stereocenters. The molecule has 2 aromatic rings. The summed E-state index contributed by atoms with van der Waals surface area (Å²) in [6.07, 6.45) is 5.87. The Labute approximate surface area is 128 Å². The molecule has 5 nitrogen and oxygen atoms in total. The number of aromatic nitrogens is 2. The third-order valence-corrected chi connectivity index (χ3v) is 4.27. The van der Waals surface area contributed by atoms with Crippen LogP contribution in [0.4, 0.5) is 0 Å². The lowest BCUT2D eigenvalue weighted by Gasteiger charge is -2.15. The van der Waals surface area contributed by atoms with Gasteiger partial charge in [-0.1, -0.05) is 24.3 Å². The Hall–Kier alpha value is -2.11. The molecule has 1 aliphatic rings. The lowest BCUT2D eigenvalue weighted by atomic mass is 9.91. The Morgan fingerprint density at radius 1 is 1.09 bits per heavy atom. The number of benzene rings is 1. The number of hydrogen-bond donors (Lipinski definition) is 2. The van der Waals surface area contributed by atoms with E-state index in [2.05, 4.69) is 22.1 Å². The van der Waals surface area contributed by atoms with Gasteiger partial charge >= 0.3 is 0 Å². The molecule has 1 aromatic carbocycles. The number of aliphatic hydroxyl groups excluding tert-OH is 2. The van der Waals surface area contributed by atoms with Crippen LogP contribution < -0.4 is 0 Å². The Kier molecular flexibility index (Phi) is 4.00. The lowest BCUT2D eigenvalue weighted by molar-refractivity contribution is 0.0903. The molecular weight excluding hydrogens is 280 g/mol. The van der Waals surface area contributed by atoms with E-state index in [-0.39, 0.29) is 17.8 Å². The number of ketones is 1. The van der Waals surface area contributed by atoms with Crippen molar-refractivity contribution in [1.29, 1.82) is 0 Å². The van der Waals surface area contributed by atoms with E-state index in [1.807, 2.05) is 12.1 Å². The molecule has 0 radical (unpaired) electrons. The van der Waals surface area contributed by atoms with Crippen molar-refractivity contribution < 1.29 is 15.0 Å². The SMILES string of the molecule is O=C(CO)c1cnc(CC2(c3ccc(CO)cc3)CC2)nc1. The average molecular weight is 298 g/mol. The number of Topliss-reactive ketones (excluding diaryl/α,β-unsaturated/α-hetero) is 1. The summed E-state index contributed by atoms with van der Waals surface area (Å²) < 4.78 is 0. The molecule has 0 amide bonds. The summed E-state index contributed by atoms with van der Waals surface area (Å²) in [4.78, 5) is 19.9. The zero-order valence-electron chi connectivity index (χ0n) is 12.2. The maximum atomic E-state index is 11.4. The fraction of sp³-hybridized carbons (Fsp3) is 0.353. The van der Waals surface area contributed by atoms with Crippen molar-refractivity contribution in [2.45, 2.75) is 31.3 Å².